The van der Waals surface area contributed by atoms with Crippen LogP contribution in [-0.4, -0.2) is 31.5 Å². The normalized spacial score (nSPS) is 35.3. The first-order chi connectivity index (χ1) is 27.3. The van der Waals surface area contributed by atoms with Crippen molar-refractivity contribution in [1.82, 2.24) is 0 Å². The van der Waals surface area contributed by atoms with Crippen molar-refractivity contribution in [1.29, 1.82) is 0 Å². The summed E-state index contributed by atoms with van der Waals surface area (Å²) in [5.74, 6) is 2.23. The van der Waals surface area contributed by atoms with Gasteiger partial charge in [-0.2, -0.15) is 0 Å². The summed E-state index contributed by atoms with van der Waals surface area (Å²) in [5, 5.41) is 0. The van der Waals surface area contributed by atoms with E-state index >= 15 is 0 Å². The van der Waals surface area contributed by atoms with Crippen LogP contribution in [-0.2, 0) is 30.5 Å². The fourth-order valence-corrected chi connectivity index (χ4v) is 13.9. The minimum atomic E-state index is -0.355. The highest BCUT2D eigenvalue weighted by Gasteiger charge is 2.65. The Bertz CT molecular complexity index is 1880. The highest BCUT2D eigenvalue weighted by molar-refractivity contribution is 6.01. The predicted octanol–water partition coefficient (Wildman–Crippen LogP) is 12.0. The molecule has 5 nitrogen and oxygen atoms in total. The number of carbonyl (C=O) groups excluding carboxylic acids is 3. The van der Waals surface area contributed by atoms with Crippen LogP contribution in [0, 0.1) is 57.2 Å². The van der Waals surface area contributed by atoms with Crippen LogP contribution in [0.4, 0.5) is 4.39 Å². The van der Waals surface area contributed by atoms with E-state index in [1.807, 2.05) is 42.5 Å². The van der Waals surface area contributed by atoms with Gasteiger partial charge >= 0.3 is 11.9 Å². The third-order valence-electron chi connectivity index (χ3n) is 16.3. The Morgan fingerprint density at radius 1 is 0.860 bits per heavy atom. The summed E-state index contributed by atoms with van der Waals surface area (Å²) in [5.41, 5.74) is 7.21. The number of fused-ring (bicyclic) bond motifs is 7. The van der Waals surface area contributed by atoms with Crippen LogP contribution >= 0.6 is 0 Å². The van der Waals surface area contributed by atoms with Gasteiger partial charge in [0.25, 0.3) is 0 Å². The first-order valence-corrected chi connectivity index (χ1v) is 22.1. The van der Waals surface area contributed by atoms with Crippen molar-refractivity contribution in [3.8, 4) is 0 Å². The van der Waals surface area contributed by atoms with E-state index in [0.29, 0.717) is 61.8 Å². The van der Waals surface area contributed by atoms with Gasteiger partial charge in [-0.3, -0.25) is 14.0 Å². The number of Topliss-reactive ketones (excluding diaryl/α,β-unsaturated/α-hetero) is 1. The van der Waals surface area contributed by atoms with Gasteiger partial charge in [-0.15, -0.1) is 0 Å². The standard InChI is InChI=1S/C50H64O5.CH3F/c1-32(2)43-40(51)29-50(31-55-46(53)35-15-11-8-12-16-35)28-24-39-37(44(43)50)21-22-42-48(39,5)27-25-41-47(3,4)38(23-26-49(41,42)6)34-17-19-36(20-18-34)45(52)54-30-33-13-9-7-10-14-33;1-2/h7,9-11,13-17,23,32,36-37,39,41-42H,8,12,18-22,24-31H2,1-6H3;1H3. The van der Waals surface area contributed by atoms with Crippen LogP contribution < -0.4 is 0 Å². The van der Waals surface area contributed by atoms with E-state index in [2.05, 4.69) is 59.8 Å². The van der Waals surface area contributed by atoms with Crippen LogP contribution in [0.5, 0.6) is 0 Å². The molecule has 0 spiro atoms. The van der Waals surface area contributed by atoms with Gasteiger partial charge in [0.15, 0.2) is 5.78 Å². The number of alkyl halides is 1. The lowest BCUT2D eigenvalue weighted by Crippen LogP contribution is -2.60. The van der Waals surface area contributed by atoms with E-state index in [1.54, 1.807) is 0 Å². The molecular formula is C51H67FO5. The molecule has 3 fully saturated rings. The summed E-state index contributed by atoms with van der Waals surface area (Å²) in [7, 11) is 0.500. The number of halogens is 1. The van der Waals surface area contributed by atoms with Gasteiger partial charge in [0.05, 0.1) is 18.7 Å². The molecule has 7 aliphatic carbocycles. The van der Waals surface area contributed by atoms with E-state index in [0.717, 1.165) is 68.9 Å². The van der Waals surface area contributed by atoms with Crippen molar-refractivity contribution in [2.24, 2.45) is 57.2 Å². The molecule has 8 atom stereocenters. The average molecular weight is 779 g/mol. The Hall–Kier alpha value is -3.54. The molecule has 57 heavy (non-hydrogen) atoms. The molecule has 0 heterocycles. The van der Waals surface area contributed by atoms with E-state index in [1.165, 1.54) is 36.0 Å². The summed E-state index contributed by atoms with van der Waals surface area (Å²) in [4.78, 5) is 40.2. The first kappa shape index (κ1) is 41.6. The van der Waals surface area contributed by atoms with Gasteiger partial charge in [-0.05, 0) is 151 Å². The molecule has 8 rings (SSSR count). The molecule has 7 aliphatic rings. The van der Waals surface area contributed by atoms with Crippen molar-refractivity contribution in [3.05, 3.63) is 94.1 Å². The third-order valence-corrected chi connectivity index (χ3v) is 16.3. The smallest absolute Gasteiger partial charge is 0.337 e. The molecule has 0 bridgehead atoms. The van der Waals surface area contributed by atoms with Gasteiger partial charge in [-0.1, -0.05) is 102 Å². The Labute approximate surface area is 341 Å². The molecule has 6 heteroatoms. The molecule has 308 valence electrons. The highest BCUT2D eigenvalue weighted by atomic mass is 19.1. The molecule has 0 saturated heterocycles. The molecule has 0 aromatic heterocycles. The molecule has 0 radical (unpaired) electrons. The molecule has 8 unspecified atom stereocenters. The number of esters is 2. The lowest BCUT2D eigenvalue weighted by atomic mass is 9.37. The average Bonchev–Trinajstić information content (AvgIpc) is 3.53. The number of hydrogen-bond donors (Lipinski definition) is 0. The van der Waals surface area contributed by atoms with Crippen molar-refractivity contribution in [3.63, 3.8) is 0 Å². The van der Waals surface area contributed by atoms with E-state index in [9.17, 15) is 18.8 Å². The molecular weight excluding hydrogens is 712 g/mol. The summed E-state index contributed by atoms with van der Waals surface area (Å²) in [6.45, 7) is 15.3. The molecule has 0 amide bonds. The highest BCUT2D eigenvalue weighted by Crippen LogP contribution is 2.73. The Balaban J connectivity index is 0.00000244. The largest absolute Gasteiger partial charge is 0.461 e. The second kappa shape index (κ2) is 16.3. The zero-order valence-corrected chi connectivity index (χ0v) is 35.8. The number of ketones is 1. The van der Waals surface area contributed by atoms with Crippen LogP contribution in [0.25, 0.3) is 0 Å². The summed E-state index contributed by atoms with van der Waals surface area (Å²) in [6.07, 6.45) is 23.7. The predicted molar refractivity (Wildman–Crippen MR) is 224 cm³/mol. The first-order valence-electron chi connectivity index (χ1n) is 22.1. The maximum absolute atomic E-state index is 13.9. The second-order valence-electron chi connectivity index (χ2n) is 19.9. The Morgan fingerprint density at radius 3 is 2.32 bits per heavy atom. The van der Waals surface area contributed by atoms with Crippen molar-refractivity contribution in [2.75, 3.05) is 13.8 Å². The molecule has 0 aliphatic heterocycles. The van der Waals surface area contributed by atoms with Gasteiger partial charge < -0.3 is 9.47 Å². The number of benzene rings is 1. The maximum atomic E-state index is 13.9. The monoisotopic (exact) mass is 778 g/mol. The summed E-state index contributed by atoms with van der Waals surface area (Å²) >= 11 is 0. The summed E-state index contributed by atoms with van der Waals surface area (Å²) in [6, 6.07) is 9.96. The van der Waals surface area contributed by atoms with Crippen LogP contribution in [0.3, 0.4) is 0 Å². The van der Waals surface area contributed by atoms with Crippen LogP contribution in [0.2, 0.25) is 0 Å². The SMILES string of the molecule is CC(C)C1=C2C3CCC4C(C)(CCC5C(C)(C)C(C6=CCC(C(=O)OCc7ccccc7)CC6)=CCC54C)C3CCC2(COC(=O)C2=CCCC=C2)CC1=O.CF. The number of hydrogen-bond acceptors (Lipinski definition) is 5. The molecule has 3 saturated carbocycles. The zero-order valence-electron chi connectivity index (χ0n) is 35.8. The van der Waals surface area contributed by atoms with E-state index < -0.39 is 0 Å². The number of allylic oxidation sites excluding steroid dienone is 7. The van der Waals surface area contributed by atoms with E-state index in [4.69, 9.17) is 9.47 Å². The van der Waals surface area contributed by atoms with Crippen molar-refractivity contribution in [2.45, 2.75) is 132 Å². The van der Waals surface area contributed by atoms with Gasteiger partial charge in [0.2, 0.25) is 0 Å². The fraction of sp³-hybridized carbons (Fsp3) is 0.627. The topological polar surface area (TPSA) is 69.7 Å². The van der Waals surface area contributed by atoms with Crippen molar-refractivity contribution < 1.29 is 28.2 Å². The lowest BCUT2D eigenvalue weighted by Gasteiger charge is -2.68. The Morgan fingerprint density at radius 2 is 1.63 bits per heavy atom. The maximum Gasteiger partial charge on any atom is 0.337 e. The fourth-order valence-electron chi connectivity index (χ4n) is 13.9. The van der Waals surface area contributed by atoms with Gasteiger partial charge in [-0.25, -0.2) is 4.79 Å². The number of carbonyl (C=O) groups is 3. The Kier molecular flexibility index (Phi) is 11.9. The zero-order chi connectivity index (χ0) is 40.8. The second-order valence-corrected chi connectivity index (χ2v) is 19.9. The summed E-state index contributed by atoms with van der Waals surface area (Å²) < 4.78 is 21.4. The van der Waals surface area contributed by atoms with Gasteiger partial charge in [0.1, 0.15) is 13.2 Å². The van der Waals surface area contributed by atoms with Crippen LogP contribution in [0.15, 0.2) is 88.6 Å². The minimum Gasteiger partial charge on any atom is -0.461 e. The lowest BCUT2D eigenvalue weighted by molar-refractivity contribution is -0.163. The van der Waals surface area contributed by atoms with Gasteiger partial charge in [0, 0.05) is 11.8 Å². The van der Waals surface area contributed by atoms with E-state index in [-0.39, 0.29) is 45.4 Å². The third kappa shape index (κ3) is 7.28. The van der Waals surface area contributed by atoms with Crippen LogP contribution in [0.1, 0.15) is 131 Å². The minimum absolute atomic E-state index is 0.0530. The van der Waals surface area contributed by atoms with Crippen molar-refractivity contribution >= 4 is 17.7 Å². The number of rotatable bonds is 8. The molecule has 0 N–H and O–H groups in total. The quantitative estimate of drug-likeness (QED) is 0.246. The number of ether oxygens (including phenoxy) is 2. The molecule has 1 aromatic carbocycles. The molecule has 1 aromatic rings.